The number of fused-ring (bicyclic) bond motifs is 1. The molecule has 2 aromatic rings. The lowest BCUT2D eigenvalue weighted by molar-refractivity contribution is -0.139. The zero-order valence-electron chi connectivity index (χ0n) is 21.8. The molecule has 1 amide bonds. The lowest BCUT2D eigenvalue weighted by Gasteiger charge is -2.31. The second kappa shape index (κ2) is 13.1. The molecule has 216 valence electrons. The first-order valence-corrected chi connectivity index (χ1v) is 12.3. The van der Waals surface area contributed by atoms with Crippen molar-refractivity contribution in [3.05, 3.63) is 47.6 Å². The highest BCUT2D eigenvalue weighted by atomic mass is 19.4. The van der Waals surface area contributed by atoms with E-state index in [1.54, 1.807) is 0 Å². The van der Waals surface area contributed by atoms with Gasteiger partial charge < -0.3 is 30.1 Å². The molecule has 15 heteroatoms. The van der Waals surface area contributed by atoms with Crippen LogP contribution in [0.25, 0.3) is 0 Å². The fourth-order valence-electron chi connectivity index (χ4n) is 4.33. The highest BCUT2D eigenvalue weighted by molar-refractivity contribution is 5.89. The Kier molecular flexibility index (Phi) is 9.85. The topological polar surface area (TPSA) is 158 Å². The lowest BCUT2D eigenvalue weighted by atomic mass is 10.0. The van der Waals surface area contributed by atoms with Gasteiger partial charge in [-0.15, -0.1) is 0 Å². The van der Waals surface area contributed by atoms with Gasteiger partial charge in [-0.1, -0.05) is 6.92 Å². The molecule has 1 saturated heterocycles. The van der Waals surface area contributed by atoms with Gasteiger partial charge in [0.1, 0.15) is 17.7 Å². The highest BCUT2D eigenvalue weighted by Crippen LogP contribution is 2.38. The van der Waals surface area contributed by atoms with Gasteiger partial charge in [-0.2, -0.15) is 13.2 Å². The molecule has 0 radical (unpaired) electrons. The van der Waals surface area contributed by atoms with E-state index in [0.717, 1.165) is 23.7 Å². The average Bonchev–Trinajstić information content (AvgIpc) is 3.39. The SMILES string of the molecule is CCC(=O)N1CCC(Nc2ncnc3c2CN(c2cnc(OC)c(C(F)(F)F)c2)CC3)C1.O=C(O)C=CC(=O)O. The van der Waals surface area contributed by atoms with Gasteiger partial charge in [0, 0.05) is 62.8 Å². The first-order chi connectivity index (χ1) is 18.9. The van der Waals surface area contributed by atoms with Crippen molar-refractivity contribution in [2.45, 2.75) is 44.9 Å². The predicted octanol–water partition coefficient (Wildman–Crippen LogP) is 2.60. The fraction of sp³-hybridized carbons (Fsp3) is 0.440. The molecule has 1 fully saturated rings. The summed E-state index contributed by atoms with van der Waals surface area (Å²) in [4.78, 5) is 47.4. The molecule has 0 saturated carbocycles. The van der Waals surface area contributed by atoms with E-state index < -0.39 is 29.6 Å². The molecule has 1 atom stereocenters. The van der Waals surface area contributed by atoms with Crippen molar-refractivity contribution in [2.24, 2.45) is 0 Å². The zero-order chi connectivity index (χ0) is 29.4. The van der Waals surface area contributed by atoms with Crippen molar-refractivity contribution in [2.75, 3.05) is 37.0 Å². The van der Waals surface area contributed by atoms with Crippen LogP contribution in [0.2, 0.25) is 0 Å². The maximum atomic E-state index is 13.4. The van der Waals surface area contributed by atoms with Crippen LogP contribution in [-0.2, 0) is 33.5 Å². The molecule has 4 heterocycles. The summed E-state index contributed by atoms with van der Waals surface area (Å²) in [6.45, 7) is 4.01. The minimum Gasteiger partial charge on any atom is -0.481 e. The summed E-state index contributed by atoms with van der Waals surface area (Å²) < 4.78 is 45.1. The largest absolute Gasteiger partial charge is 0.481 e. The molecule has 2 aliphatic rings. The third kappa shape index (κ3) is 7.80. The van der Waals surface area contributed by atoms with Crippen LogP contribution < -0.4 is 15.0 Å². The Morgan fingerprint density at radius 3 is 2.45 bits per heavy atom. The van der Waals surface area contributed by atoms with Crippen LogP contribution in [0.4, 0.5) is 24.7 Å². The van der Waals surface area contributed by atoms with Gasteiger partial charge in [-0.05, 0) is 12.5 Å². The van der Waals surface area contributed by atoms with Crippen LogP contribution >= 0.6 is 0 Å². The van der Waals surface area contributed by atoms with Crippen molar-refractivity contribution in [1.29, 1.82) is 0 Å². The summed E-state index contributed by atoms with van der Waals surface area (Å²) in [7, 11) is 1.17. The summed E-state index contributed by atoms with van der Waals surface area (Å²) in [5.74, 6) is -2.18. The molecular formula is C25H29F3N6O6. The van der Waals surface area contributed by atoms with Crippen molar-refractivity contribution in [3.63, 3.8) is 0 Å². The number of anilines is 2. The molecule has 0 aliphatic carbocycles. The quantitative estimate of drug-likeness (QED) is 0.423. The summed E-state index contributed by atoms with van der Waals surface area (Å²) in [5.41, 5.74) is 1.18. The number of hydrogen-bond donors (Lipinski definition) is 3. The number of rotatable bonds is 7. The van der Waals surface area contributed by atoms with E-state index in [0.29, 0.717) is 62.7 Å². The molecule has 40 heavy (non-hydrogen) atoms. The molecule has 1 unspecified atom stereocenters. The second-order valence-electron chi connectivity index (χ2n) is 8.90. The number of carboxylic acids is 2. The molecule has 4 rings (SSSR count). The van der Waals surface area contributed by atoms with Gasteiger partial charge in [-0.25, -0.2) is 24.5 Å². The monoisotopic (exact) mass is 566 g/mol. The highest BCUT2D eigenvalue weighted by Gasteiger charge is 2.36. The Hall–Kier alpha value is -4.43. The molecule has 0 spiro atoms. The minimum atomic E-state index is -4.57. The van der Waals surface area contributed by atoms with Gasteiger partial charge in [0.05, 0.1) is 24.7 Å². The third-order valence-corrected chi connectivity index (χ3v) is 6.26. The molecule has 12 nitrogen and oxygen atoms in total. The number of pyridine rings is 1. The van der Waals surface area contributed by atoms with Gasteiger partial charge in [-0.3, -0.25) is 4.79 Å². The van der Waals surface area contributed by atoms with Gasteiger partial charge in [0.2, 0.25) is 11.8 Å². The number of nitrogens with one attached hydrogen (secondary N) is 1. The number of amides is 1. The Morgan fingerprint density at radius 1 is 1.15 bits per heavy atom. The first-order valence-electron chi connectivity index (χ1n) is 12.3. The molecule has 2 aromatic heterocycles. The maximum absolute atomic E-state index is 13.4. The number of alkyl halides is 3. The van der Waals surface area contributed by atoms with Gasteiger partial charge >= 0.3 is 18.1 Å². The number of carbonyl (C=O) groups is 3. The van der Waals surface area contributed by atoms with E-state index in [2.05, 4.69) is 20.3 Å². The number of methoxy groups -OCH3 is 1. The van der Waals surface area contributed by atoms with Crippen molar-refractivity contribution < 1.29 is 42.5 Å². The fourth-order valence-corrected chi connectivity index (χ4v) is 4.33. The first kappa shape index (κ1) is 30.1. The number of carboxylic acid groups (broad SMARTS) is 2. The van der Waals surface area contributed by atoms with E-state index >= 15 is 0 Å². The Labute approximate surface area is 227 Å². The van der Waals surface area contributed by atoms with E-state index in [1.807, 2.05) is 16.7 Å². The predicted molar refractivity (Wildman–Crippen MR) is 136 cm³/mol. The van der Waals surface area contributed by atoms with Crippen LogP contribution in [-0.4, -0.2) is 80.7 Å². The number of aliphatic carboxylic acids is 2. The Bertz CT molecular complexity index is 1260. The summed E-state index contributed by atoms with van der Waals surface area (Å²) in [6.07, 6.45) is 1.29. The molecule has 0 bridgehead atoms. The van der Waals surface area contributed by atoms with E-state index in [1.165, 1.54) is 19.6 Å². The maximum Gasteiger partial charge on any atom is 0.421 e. The smallest absolute Gasteiger partial charge is 0.421 e. The van der Waals surface area contributed by atoms with E-state index in [-0.39, 0.29) is 11.9 Å². The van der Waals surface area contributed by atoms with Crippen molar-refractivity contribution in [1.82, 2.24) is 19.9 Å². The third-order valence-electron chi connectivity index (χ3n) is 6.26. The summed E-state index contributed by atoms with van der Waals surface area (Å²) in [6, 6.07) is 1.14. The molecule has 0 aromatic carbocycles. The minimum absolute atomic E-state index is 0.0689. The van der Waals surface area contributed by atoms with Crippen LogP contribution in [0.15, 0.2) is 30.7 Å². The molecular weight excluding hydrogens is 537 g/mol. The number of halogens is 3. The van der Waals surface area contributed by atoms with Crippen LogP contribution in [0, 0.1) is 0 Å². The van der Waals surface area contributed by atoms with E-state index in [4.69, 9.17) is 14.9 Å². The van der Waals surface area contributed by atoms with E-state index in [9.17, 15) is 27.6 Å². The average molecular weight is 567 g/mol. The number of ether oxygens (including phenoxy) is 1. The second-order valence-corrected chi connectivity index (χ2v) is 8.90. The van der Waals surface area contributed by atoms with Crippen molar-refractivity contribution >= 4 is 29.4 Å². The summed E-state index contributed by atoms with van der Waals surface area (Å²) >= 11 is 0. The number of carbonyl (C=O) groups excluding carboxylic acids is 1. The normalized spacial score (nSPS) is 16.7. The lowest BCUT2D eigenvalue weighted by Crippen LogP contribution is -2.34. The standard InChI is InChI=1S/C21H25F3N6O2.C4H4O4/c1-3-18(31)30-6-4-13(10-30)28-19-15-11-29(7-5-17(15)26-12-27-19)14-8-16(21(22,23)24)20(32-2)25-9-14;5-3(6)1-2-4(7)8/h8-9,12-13H,3-7,10-11H2,1-2H3,(H,26,27,28);1-2H,(H,5,6)(H,7,8). The Balaban J connectivity index is 0.000000482. The molecule has 2 aliphatic heterocycles. The zero-order valence-corrected chi connectivity index (χ0v) is 21.8. The number of nitrogens with zero attached hydrogens (tertiary/aromatic N) is 5. The van der Waals surface area contributed by atoms with Gasteiger partial charge in [0.15, 0.2) is 0 Å². The van der Waals surface area contributed by atoms with Crippen molar-refractivity contribution in [3.8, 4) is 5.88 Å². The van der Waals surface area contributed by atoms with Gasteiger partial charge in [0.25, 0.3) is 0 Å². The number of aromatic nitrogens is 3. The summed E-state index contributed by atoms with van der Waals surface area (Å²) in [5, 5.41) is 19.0. The number of hydrogen-bond acceptors (Lipinski definition) is 9. The molecule has 3 N–H and O–H groups in total. The Morgan fingerprint density at radius 2 is 1.85 bits per heavy atom. The van der Waals surface area contributed by atoms with Crippen LogP contribution in [0.1, 0.15) is 36.6 Å². The van der Waals surface area contributed by atoms with Crippen LogP contribution in [0.5, 0.6) is 5.88 Å². The number of likely N-dealkylation sites (tertiary alicyclic amines) is 1. The van der Waals surface area contributed by atoms with Crippen LogP contribution in [0.3, 0.4) is 0 Å².